The highest BCUT2D eigenvalue weighted by Crippen LogP contribution is 2.39. The zero-order chi connectivity index (χ0) is 20.4. The molecular formula is C22H36N2OS. The molecule has 1 aliphatic rings. The lowest BCUT2D eigenvalue weighted by molar-refractivity contribution is -0.110. The monoisotopic (exact) mass is 376 g/mol. The maximum atomic E-state index is 11.3. The number of nitrogens with two attached hydrogens (primary N) is 1. The molecule has 3 nitrogen and oxygen atoms in total. The first-order valence-corrected chi connectivity index (χ1v) is 10.3. The fourth-order valence-corrected chi connectivity index (χ4v) is 2.75. The van der Waals surface area contributed by atoms with Gasteiger partial charge in [-0.2, -0.15) is 0 Å². The van der Waals surface area contributed by atoms with Gasteiger partial charge in [-0.15, -0.1) is 0 Å². The molecule has 1 heterocycles. The number of fused-ring (bicyclic) bond motifs is 1. The van der Waals surface area contributed by atoms with Crippen molar-refractivity contribution in [1.29, 1.82) is 0 Å². The Kier molecular flexibility index (Phi) is 18.6. The molecule has 26 heavy (non-hydrogen) atoms. The molecule has 0 saturated carbocycles. The Morgan fingerprint density at radius 2 is 1.81 bits per heavy atom. The van der Waals surface area contributed by atoms with Gasteiger partial charge in [-0.05, 0) is 38.1 Å². The maximum absolute atomic E-state index is 11.3. The Balaban J connectivity index is 0. The van der Waals surface area contributed by atoms with Gasteiger partial charge in [0.2, 0.25) is 0 Å². The molecule has 4 heteroatoms. The van der Waals surface area contributed by atoms with E-state index >= 15 is 0 Å². The van der Waals surface area contributed by atoms with E-state index in [1.807, 2.05) is 58.9 Å². The van der Waals surface area contributed by atoms with Crippen molar-refractivity contribution in [2.24, 2.45) is 10.7 Å². The molecule has 2 N–H and O–H groups in total. The number of nitrogens with zero attached hydrogens (tertiary/aromatic N) is 1. The second-order valence-electron chi connectivity index (χ2n) is 4.88. The number of carbonyl (C=O) groups excluding carboxylic acids is 1. The number of thioether (sulfide) groups is 1. The van der Waals surface area contributed by atoms with Crippen molar-refractivity contribution in [3.05, 3.63) is 47.9 Å². The van der Waals surface area contributed by atoms with E-state index in [4.69, 9.17) is 5.73 Å². The Labute approximate surface area is 164 Å². The summed E-state index contributed by atoms with van der Waals surface area (Å²) in [6.45, 7) is 16.4. The highest BCUT2D eigenvalue weighted by atomic mass is 32.2. The van der Waals surface area contributed by atoms with Crippen molar-refractivity contribution in [2.75, 3.05) is 6.54 Å². The van der Waals surface area contributed by atoms with Crippen LogP contribution in [-0.4, -0.2) is 18.0 Å². The number of para-hydroxylation sites is 1. The molecule has 0 saturated heterocycles. The molecule has 0 fully saturated rings. The summed E-state index contributed by atoms with van der Waals surface area (Å²) in [6.07, 6.45) is 6.64. The number of hydrogen-bond donors (Lipinski definition) is 1. The van der Waals surface area contributed by atoms with Crippen LogP contribution in [0, 0.1) is 0 Å². The molecule has 146 valence electrons. The van der Waals surface area contributed by atoms with Gasteiger partial charge < -0.3 is 5.73 Å². The summed E-state index contributed by atoms with van der Waals surface area (Å²) < 4.78 is 0. The lowest BCUT2D eigenvalue weighted by atomic mass is 10.2. The number of unbranched alkanes of at least 4 members (excludes halogenated alkanes) is 2. The van der Waals surface area contributed by atoms with Crippen molar-refractivity contribution < 1.29 is 4.79 Å². The van der Waals surface area contributed by atoms with E-state index < -0.39 is 0 Å². The lowest BCUT2D eigenvalue weighted by Gasteiger charge is -2.14. The largest absolute Gasteiger partial charge is 0.330 e. The Bertz CT molecular complexity index is 573. The minimum Gasteiger partial charge on any atom is -0.330 e. The molecule has 0 atom stereocenters. The number of rotatable bonds is 5. The van der Waals surface area contributed by atoms with E-state index in [9.17, 15) is 4.79 Å². The number of hydrogen-bond acceptors (Lipinski definition) is 4. The summed E-state index contributed by atoms with van der Waals surface area (Å²) >= 11 is 1.57. The molecule has 0 spiro atoms. The van der Waals surface area contributed by atoms with Gasteiger partial charge in [0.25, 0.3) is 0 Å². The van der Waals surface area contributed by atoms with E-state index in [-0.39, 0.29) is 5.78 Å². The Morgan fingerprint density at radius 1 is 1.19 bits per heavy atom. The minimum atomic E-state index is -0.0866. The predicted molar refractivity (Wildman–Crippen MR) is 120 cm³/mol. The van der Waals surface area contributed by atoms with Crippen molar-refractivity contribution in [1.82, 2.24) is 0 Å². The molecule has 0 aliphatic carbocycles. The third-order valence-electron chi connectivity index (χ3n) is 3.01. The number of ketones is 1. The number of carbonyl (C=O) groups is 1. The van der Waals surface area contributed by atoms with Crippen LogP contribution in [-0.2, 0) is 4.79 Å². The fourth-order valence-electron chi connectivity index (χ4n) is 1.78. The first kappa shape index (κ1) is 26.6. The van der Waals surface area contributed by atoms with Crippen LogP contribution in [0.3, 0.4) is 0 Å². The fraction of sp³-hybridized carbons (Fsp3) is 0.455. The van der Waals surface area contributed by atoms with Crippen LogP contribution in [0.2, 0.25) is 0 Å². The van der Waals surface area contributed by atoms with E-state index in [1.165, 1.54) is 25.3 Å². The molecular weight excluding hydrogens is 340 g/mol. The third-order valence-corrected chi connectivity index (χ3v) is 4.21. The molecule has 0 radical (unpaired) electrons. The standard InChI is InChI=1S/C13H11NOS.C5H13N.2C2H6/c1-3-10(15)8-13-9(2)14-11-6-4-5-7-12(11)16-13;1-2-3-4-5-6;2*1-2/h3-8H,1H2,2H3;2-6H2,1H3;2*1-2H3/b13-8+;;;. The van der Waals surface area contributed by atoms with E-state index in [0.29, 0.717) is 0 Å². The quantitative estimate of drug-likeness (QED) is 0.459. The van der Waals surface area contributed by atoms with Crippen molar-refractivity contribution in [3.63, 3.8) is 0 Å². The Morgan fingerprint density at radius 3 is 2.31 bits per heavy atom. The summed E-state index contributed by atoms with van der Waals surface area (Å²) in [6, 6.07) is 7.90. The average Bonchev–Trinajstić information content (AvgIpc) is 2.70. The van der Waals surface area contributed by atoms with Crippen LogP contribution in [0.15, 0.2) is 57.8 Å². The van der Waals surface area contributed by atoms with Gasteiger partial charge in [0.1, 0.15) is 0 Å². The zero-order valence-corrected chi connectivity index (χ0v) is 18.2. The topological polar surface area (TPSA) is 55.5 Å². The minimum absolute atomic E-state index is 0.0866. The molecule has 2 rings (SSSR count). The van der Waals surface area contributed by atoms with Gasteiger partial charge in [-0.3, -0.25) is 9.79 Å². The van der Waals surface area contributed by atoms with Crippen LogP contribution < -0.4 is 5.73 Å². The first-order valence-electron chi connectivity index (χ1n) is 9.53. The van der Waals surface area contributed by atoms with Gasteiger partial charge in [-0.25, -0.2) is 0 Å². The van der Waals surface area contributed by atoms with Crippen LogP contribution in [0.1, 0.15) is 60.8 Å². The smallest absolute Gasteiger partial charge is 0.179 e. The van der Waals surface area contributed by atoms with E-state index in [0.717, 1.165) is 27.7 Å². The SMILES string of the molecule is C=CC(=O)/C=C1/Sc2ccccc2N=C1C.CC.CC.CCCCCN. The highest BCUT2D eigenvalue weighted by molar-refractivity contribution is 8.04. The van der Waals surface area contributed by atoms with Crippen molar-refractivity contribution in [2.45, 2.75) is 65.7 Å². The molecule has 1 aliphatic heterocycles. The summed E-state index contributed by atoms with van der Waals surface area (Å²) in [5, 5.41) is 0. The van der Waals surface area contributed by atoms with Gasteiger partial charge in [0.05, 0.1) is 11.4 Å². The number of aliphatic imine (C=N–C) groups is 1. The summed E-state index contributed by atoms with van der Waals surface area (Å²) in [7, 11) is 0. The second-order valence-corrected chi connectivity index (χ2v) is 5.96. The van der Waals surface area contributed by atoms with Gasteiger partial charge in [0, 0.05) is 15.9 Å². The van der Waals surface area contributed by atoms with E-state index in [2.05, 4.69) is 18.5 Å². The van der Waals surface area contributed by atoms with Crippen molar-refractivity contribution >= 4 is 28.9 Å². The molecule has 0 unspecified atom stereocenters. The third kappa shape index (κ3) is 11.1. The van der Waals surface area contributed by atoms with Crippen molar-refractivity contribution in [3.8, 4) is 0 Å². The Hall–Kier alpha value is -1.65. The van der Waals surface area contributed by atoms with Crippen LogP contribution in [0.5, 0.6) is 0 Å². The van der Waals surface area contributed by atoms with Gasteiger partial charge >= 0.3 is 0 Å². The second kappa shape index (κ2) is 18.2. The number of benzene rings is 1. The predicted octanol–water partition coefficient (Wildman–Crippen LogP) is 6.71. The van der Waals surface area contributed by atoms with Crippen LogP contribution in [0.4, 0.5) is 5.69 Å². The lowest BCUT2D eigenvalue weighted by Crippen LogP contribution is -2.01. The normalized spacial score (nSPS) is 12.7. The number of allylic oxidation sites excluding steroid dienone is 3. The molecule has 0 aromatic heterocycles. The van der Waals surface area contributed by atoms with Gasteiger partial charge in [-0.1, -0.05) is 77.9 Å². The maximum Gasteiger partial charge on any atom is 0.179 e. The molecule has 1 aromatic carbocycles. The van der Waals surface area contributed by atoms with Crippen LogP contribution in [0.25, 0.3) is 0 Å². The van der Waals surface area contributed by atoms with Gasteiger partial charge in [0.15, 0.2) is 5.78 Å². The summed E-state index contributed by atoms with van der Waals surface area (Å²) in [5.41, 5.74) is 7.05. The first-order chi connectivity index (χ1) is 12.6. The average molecular weight is 377 g/mol. The zero-order valence-electron chi connectivity index (χ0n) is 17.3. The molecule has 0 amide bonds. The highest BCUT2D eigenvalue weighted by Gasteiger charge is 2.14. The molecule has 0 bridgehead atoms. The summed E-state index contributed by atoms with van der Waals surface area (Å²) in [4.78, 5) is 17.7. The molecule has 1 aromatic rings. The van der Waals surface area contributed by atoms with E-state index in [1.54, 1.807) is 17.8 Å². The van der Waals surface area contributed by atoms with Crippen LogP contribution >= 0.6 is 11.8 Å². The summed E-state index contributed by atoms with van der Waals surface area (Å²) in [5.74, 6) is -0.0866.